The summed E-state index contributed by atoms with van der Waals surface area (Å²) in [6.45, 7) is 5.95. The number of hydrogen-bond acceptors (Lipinski definition) is 4. The number of hydrogen-bond donors (Lipinski definition) is 0. The van der Waals surface area contributed by atoms with E-state index in [-0.39, 0.29) is 5.91 Å². The molecule has 0 saturated carbocycles. The van der Waals surface area contributed by atoms with Gasteiger partial charge in [0.05, 0.1) is 23.9 Å². The van der Waals surface area contributed by atoms with E-state index in [1.807, 2.05) is 13.0 Å². The lowest BCUT2D eigenvalue weighted by Gasteiger charge is -2.07. The van der Waals surface area contributed by atoms with Gasteiger partial charge in [-0.1, -0.05) is 23.5 Å². The number of methoxy groups -OCH3 is 1. The van der Waals surface area contributed by atoms with Gasteiger partial charge in [-0.2, -0.15) is 4.99 Å². The third-order valence-electron chi connectivity index (χ3n) is 4.10. The zero-order chi connectivity index (χ0) is 18.5. The highest BCUT2D eigenvalue weighted by Gasteiger charge is 2.11. The largest absolute Gasteiger partial charge is 0.497 e. The standard InChI is InChI=1S/C20H22N2O3S/c1-4-25-13-12-22-18-14(2)6-5-7-17(18)26-20(22)21-19(23)15-8-10-16(24-3)11-9-15/h5-11H,4,12-13H2,1-3H3. The molecule has 3 rings (SSSR count). The minimum Gasteiger partial charge on any atom is -0.497 e. The molecular weight excluding hydrogens is 348 g/mol. The maximum absolute atomic E-state index is 12.6. The van der Waals surface area contributed by atoms with Crippen LogP contribution in [-0.2, 0) is 11.3 Å². The van der Waals surface area contributed by atoms with Gasteiger partial charge >= 0.3 is 0 Å². The van der Waals surface area contributed by atoms with Crippen molar-refractivity contribution in [1.82, 2.24) is 4.57 Å². The second kappa shape index (κ2) is 8.29. The molecule has 1 heterocycles. The molecule has 6 heteroatoms. The van der Waals surface area contributed by atoms with E-state index >= 15 is 0 Å². The number of para-hydroxylation sites is 1. The Bertz CT molecular complexity index is 971. The molecule has 0 unspecified atom stereocenters. The van der Waals surface area contributed by atoms with Crippen LogP contribution < -0.4 is 9.54 Å². The summed E-state index contributed by atoms with van der Waals surface area (Å²) in [5.74, 6) is 0.452. The van der Waals surface area contributed by atoms with Crippen LogP contribution in [0.15, 0.2) is 47.5 Å². The van der Waals surface area contributed by atoms with Crippen LogP contribution in [0.4, 0.5) is 0 Å². The SMILES string of the molecule is CCOCCn1c(=NC(=O)c2ccc(OC)cc2)sc2cccc(C)c21. The van der Waals surface area contributed by atoms with Gasteiger partial charge in [0.2, 0.25) is 0 Å². The van der Waals surface area contributed by atoms with E-state index in [1.54, 1.807) is 31.4 Å². The number of aryl methyl sites for hydroxylation is 1. The summed E-state index contributed by atoms with van der Waals surface area (Å²) in [6, 6.07) is 13.1. The Morgan fingerprint density at radius 3 is 2.65 bits per heavy atom. The normalized spacial score (nSPS) is 11.9. The minimum absolute atomic E-state index is 0.262. The number of fused-ring (bicyclic) bond motifs is 1. The highest BCUT2D eigenvalue weighted by molar-refractivity contribution is 7.16. The van der Waals surface area contributed by atoms with Gasteiger partial charge in [0.15, 0.2) is 4.80 Å². The summed E-state index contributed by atoms with van der Waals surface area (Å²) in [7, 11) is 1.60. The smallest absolute Gasteiger partial charge is 0.279 e. The fourth-order valence-electron chi connectivity index (χ4n) is 2.79. The first-order chi connectivity index (χ1) is 12.6. The topological polar surface area (TPSA) is 52.8 Å². The van der Waals surface area contributed by atoms with Crippen molar-refractivity contribution in [2.24, 2.45) is 4.99 Å². The van der Waals surface area contributed by atoms with Gasteiger partial charge in [-0.25, -0.2) is 0 Å². The molecule has 5 nitrogen and oxygen atoms in total. The van der Waals surface area contributed by atoms with Gasteiger partial charge in [0, 0.05) is 18.7 Å². The molecule has 0 N–H and O–H groups in total. The summed E-state index contributed by atoms with van der Waals surface area (Å²) in [4.78, 5) is 17.7. The van der Waals surface area contributed by atoms with Crippen LogP contribution in [0, 0.1) is 6.92 Å². The van der Waals surface area contributed by atoms with Crippen molar-refractivity contribution < 1.29 is 14.3 Å². The molecule has 3 aromatic rings. The molecule has 0 aliphatic heterocycles. The van der Waals surface area contributed by atoms with Crippen LogP contribution in [0.2, 0.25) is 0 Å². The number of aromatic nitrogens is 1. The second-order valence-corrected chi connectivity index (χ2v) is 6.81. The average molecular weight is 370 g/mol. The molecule has 2 aromatic carbocycles. The van der Waals surface area contributed by atoms with Crippen molar-refractivity contribution in [2.75, 3.05) is 20.3 Å². The van der Waals surface area contributed by atoms with E-state index in [9.17, 15) is 4.79 Å². The summed E-state index contributed by atoms with van der Waals surface area (Å²) < 4.78 is 13.8. The molecule has 0 bridgehead atoms. The number of nitrogens with zero attached hydrogens (tertiary/aromatic N) is 2. The lowest BCUT2D eigenvalue weighted by Crippen LogP contribution is -2.20. The van der Waals surface area contributed by atoms with Crippen LogP contribution in [-0.4, -0.2) is 30.8 Å². The Balaban J connectivity index is 2.04. The Morgan fingerprint density at radius 1 is 1.19 bits per heavy atom. The number of carbonyl (C=O) groups is 1. The van der Waals surface area contributed by atoms with Crippen LogP contribution >= 0.6 is 11.3 Å². The first kappa shape index (κ1) is 18.4. The van der Waals surface area contributed by atoms with E-state index in [1.165, 1.54) is 11.3 Å². The third kappa shape index (κ3) is 3.86. The number of rotatable bonds is 6. The third-order valence-corrected chi connectivity index (χ3v) is 5.14. The Hall–Kier alpha value is -2.44. The van der Waals surface area contributed by atoms with E-state index < -0.39 is 0 Å². The van der Waals surface area contributed by atoms with E-state index in [2.05, 4.69) is 28.6 Å². The molecule has 0 spiro atoms. The maximum Gasteiger partial charge on any atom is 0.279 e. The van der Waals surface area contributed by atoms with E-state index in [0.29, 0.717) is 35.9 Å². The average Bonchev–Trinajstić information content (AvgIpc) is 3.00. The fraction of sp³-hybridized carbons (Fsp3) is 0.300. The lowest BCUT2D eigenvalue weighted by atomic mass is 10.2. The van der Waals surface area contributed by atoms with Crippen LogP contribution in [0.5, 0.6) is 5.75 Å². The highest BCUT2D eigenvalue weighted by Crippen LogP contribution is 2.21. The summed E-state index contributed by atoms with van der Waals surface area (Å²) >= 11 is 1.52. The van der Waals surface area contributed by atoms with E-state index in [4.69, 9.17) is 9.47 Å². The van der Waals surface area contributed by atoms with Crippen LogP contribution in [0.1, 0.15) is 22.8 Å². The lowest BCUT2D eigenvalue weighted by molar-refractivity contribution is 0.0996. The highest BCUT2D eigenvalue weighted by atomic mass is 32.1. The van der Waals surface area contributed by atoms with Gasteiger partial charge in [-0.3, -0.25) is 4.79 Å². The Labute approximate surface area is 156 Å². The number of amides is 1. The molecule has 0 aliphatic carbocycles. The quantitative estimate of drug-likeness (QED) is 0.620. The van der Waals surface area contributed by atoms with Crippen molar-refractivity contribution in [1.29, 1.82) is 0 Å². The van der Waals surface area contributed by atoms with E-state index in [0.717, 1.165) is 15.8 Å². The van der Waals surface area contributed by atoms with Crippen LogP contribution in [0.25, 0.3) is 10.2 Å². The molecule has 0 aliphatic rings. The molecule has 136 valence electrons. The zero-order valence-electron chi connectivity index (χ0n) is 15.2. The monoisotopic (exact) mass is 370 g/mol. The first-order valence-electron chi connectivity index (χ1n) is 8.54. The van der Waals surface area contributed by atoms with Gasteiger partial charge in [0.1, 0.15) is 5.75 Å². The zero-order valence-corrected chi connectivity index (χ0v) is 16.0. The Kier molecular flexibility index (Phi) is 5.85. The molecule has 1 amide bonds. The molecule has 0 atom stereocenters. The molecule has 0 saturated heterocycles. The molecule has 0 radical (unpaired) electrons. The van der Waals surface area contributed by atoms with Crippen molar-refractivity contribution >= 4 is 27.5 Å². The van der Waals surface area contributed by atoms with Gasteiger partial charge in [0.25, 0.3) is 5.91 Å². The second-order valence-electron chi connectivity index (χ2n) is 5.80. The molecule has 0 fully saturated rings. The molecule has 26 heavy (non-hydrogen) atoms. The fourth-order valence-corrected chi connectivity index (χ4v) is 3.92. The van der Waals surface area contributed by atoms with Crippen LogP contribution in [0.3, 0.4) is 0 Å². The van der Waals surface area contributed by atoms with Crippen molar-refractivity contribution in [2.45, 2.75) is 20.4 Å². The predicted octanol–water partition coefficient (Wildman–Crippen LogP) is 3.80. The number of carbonyl (C=O) groups excluding carboxylic acids is 1. The summed E-state index contributed by atoms with van der Waals surface area (Å²) in [6.07, 6.45) is 0. The van der Waals surface area contributed by atoms with Crippen molar-refractivity contribution in [3.63, 3.8) is 0 Å². The minimum atomic E-state index is -0.262. The maximum atomic E-state index is 12.6. The number of benzene rings is 2. The van der Waals surface area contributed by atoms with Crippen molar-refractivity contribution in [3.8, 4) is 5.75 Å². The first-order valence-corrected chi connectivity index (χ1v) is 9.35. The predicted molar refractivity (Wildman–Crippen MR) is 104 cm³/mol. The van der Waals surface area contributed by atoms with Gasteiger partial charge in [-0.05, 0) is 49.7 Å². The van der Waals surface area contributed by atoms with Gasteiger partial charge < -0.3 is 14.0 Å². The summed E-state index contributed by atoms with van der Waals surface area (Å²) in [5.41, 5.74) is 2.81. The summed E-state index contributed by atoms with van der Waals surface area (Å²) in [5, 5.41) is 0. The number of ether oxygens (including phenoxy) is 2. The molecular formula is C20H22N2O3S. The Morgan fingerprint density at radius 2 is 1.96 bits per heavy atom. The van der Waals surface area contributed by atoms with Gasteiger partial charge in [-0.15, -0.1) is 0 Å². The molecule has 1 aromatic heterocycles. The number of thiazole rings is 1. The van der Waals surface area contributed by atoms with Crippen molar-refractivity contribution in [3.05, 3.63) is 58.4 Å².